The zero-order valence-corrected chi connectivity index (χ0v) is 9.80. The minimum absolute atomic E-state index is 0.452. The van der Waals surface area contributed by atoms with Gasteiger partial charge in [0.2, 0.25) is 0 Å². The number of H-pyrrole nitrogens is 1. The molecule has 0 spiro atoms. The van der Waals surface area contributed by atoms with Crippen LogP contribution in [0.4, 0.5) is 5.82 Å². The van der Waals surface area contributed by atoms with Crippen molar-refractivity contribution in [2.24, 2.45) is 0 Å². The van der Waals surface area contributed by atoms with E-state index in [0.717, 1.165) is 16.8 Å². The summed E-state index contributed by atoms with van der Waals surface area (Å²) < 4.78 is 5.17. The number of aromatic nitrogens is 2. The SMILES string of the molecule is COc1cc(Cl)c(C)c(-c2cc(N)n[nH]2)c1. The highest BCUT2D eigenvalue weighted by Gasteiger charge is 2.10. The normalized spacial score (nSPS) is 10.4. The lowest BCUT2D eigenvalue weighted by Crippen LogP contribution is -1.89. The summed E-state index contributed by atoms with van der Waals surface area (Å²) in [4.78, 5) is 0. The average Bonchev–Trinajstić information content (AvgIpc) is 2.68. The number of hydrogen-bond donors (Lipinski definition) is 2. The van der Waals surface area contributed by atoms with Gasteiger partial charge in [0, 0.05) is 16.7 Å². The van der Waals surface area contributed by atoms with E-state index in [1.54, 1.807) is 19.2 Å². The van der Waals surface area contributed by atoms with Crippen molar-refractivity contribution < 1.29 is 4.74 Å². The van der Waals surface area contributed by atoms with Gasteiger partial charge in [-0.05, 0) is 24.6 Å². The Balaban J connectivity index is 2.59. The maximum atomic E-state index is 6.11. The Kier molecular flexibility index (Phi) is 2.75. The van der Waals surface area contributed by atoms with Crippen molar-refractivity contribution in [3.8, 4) is 17.0 Å². The smallest absolute Gasteiger partial charge is 0.145 e. The van der Waals surface area contributed by atoms with Gasteiger partial charge in [-0.15, -0.1) is 0 Å². The molecular formula is C11H12ClN3O. The van der Waals surface area contributed by atoms with Crippen LogP contribution in [0, 0.1) is 6.92 Å². The first-order chi connectivity index (χ1) is 7.61. The van der Waals surface area contributed by atoms with Crippen LogP contribution >= 0.6 is 11.6 Å². The third-order valence-electron chi connectivity index (χ3n) is 2.44. The molecule has 0 radical (unpaired) electrons. The maximum Gasteiger partial charge on any atom is 0.145 e. The summed E-state index contributed by atoms with van der Waals surface area (Å²) in [6, 6.07) is 5.44. The Morgan fingerprint density at radius 1 is 1.38 bits per heavy atom. The number of ether oxygens (including phenoxy) is 1. The fraction of sp³-hybridized carbons (Fsp3) is 0.182. The second kappa shape index (κ2) is 4.06. The van der Waals surface area contributed by atoms with Gasteiger partial charge in [0.25, 0.3) is 0 Å². The number of nitrogen functional groups attached to an aromatic ring is 1. The molecule has 3 N–H and O–H groups in total. The highest BCUT2D eigenvalue weighted by Crippen LogP contribution is 2.32. The fourth-order valence-electron chi connectivity index (χ4n) is 1.53. The topological polar surface area (TPSA) is 63.9 Å². The quantitative estimate of drug-likeness (QED) is 0.844. The Morgan fingerprint density at radius 2 is 2.12 bits per heavy atom. The molecule has 1 heterocycles. The summed E-state index contributed by atoms with van der Waals surface area (Å²) in [6.45, 7) is 1.94. The number of benzene rings is 1. The van der Waals surface area contributed by atoms with Crippen molar-refractivity contribution in [2.75, 3.05) is 12.8 Å². The first-order valence-electron chi connectivity index (χ1n) is 4.77. The number of anilines is 1. The maximum absolute atomic E-state index is 6.11. The molecule has 2 rings (SSSR count). The summed E-state index contributed by atoms with van der Waals surface area (Å²) in [5, 5.41) is 7.40. The van der Waals surface area contributed by atoms with E-state index >= 15 is 0 Å². The molecule has 1 aromatic heterocycles. The number of rotatable bonds is 2. The molecule has 1 aromatic carbocycles. The molecular weight excluding hydrogens is 226 g/mol. The van der Waals surface area contributed by atoms with E-state index in [1.807, 2.05) is 13.0 Å². The van der Waals surface area contributed by atoms with Crippen LogP contribution in [0.2, 0.25) is 5.02 Å². The number of nitrogens with zero attached hydrogens (tertiary/aromatic N) is 1. The molecule has 16 heavy (non-hydrogen) atoms. The van der Waals surface area contributed by atoms with Gasteiger partial charge in [0.15, 0.2) is 0 Å². The van der Waals surface area contributed by atoms with E-state index in [0.29, 0.717) is 16.6 Å². The second-order valence-electron chi connectivity index (χ2n) is 3.49. The van der Waals surface area contributed by atoms with E-state index in [9.17, 15) is 0 Å². The van der Waals surface area contributed by atoms with Crippen LogP contribution in [-0.2, 0) is 0 Å². The van der Waals surface area contributed by atoms with Gasteiger partial charge in [-0.25, -0.2) is 0 Å². The Hall–Kier alpha value is -1.68. The summed E-state index contributed by atoms with van der Waals surface area (Å²) in [6.07, 6.45) is 0. The molecule has 4 nitrogen and oxygen atoms in total. The van der Waals surface area contributed by atoms with Crippen molar-refractivity contribution >= 4 is 17.4 Å². The zero-order valence-electron chi connectivity index (χ0n) is 9.04. The molecule has 0 saturated carbocycles. The molecule has 0 atom stereocenters. The standard InChI is InChI=1S/C11H12ClN3O/c1-6-8(10-5-11(13)15-14-10)3-7(16-2)4-9(6)12/h3-5H,1-2H3,(H3,13,14,15). The third kappa shape index (κ3) is 1.84. The van der Waals surface area contributed by atoms with Gasteiger partial charge in [0.05, 0.1) is 12.8 Å². The largest absolute Gasteiger partial charge is 0.497 e. The van der Waals surface area contributed by atoms with Gasteiger partial charge in [-0.3, -0.25) is 5.10 Å². The Labute approximate surface area is 98.4 Å². The van der Waals surface area contributed by atoms with Crippen molar-refractivity contribution in [2.45, 2.75) is 6.92 Å². The fourth-order valence-corrected chi connectivity index (χ4v) is 1.74. The summed E-state index contributed by atoms with van der Waals surface area (Å²) >= 11 is 6.11. The van der Waals surface area contributed by atoms with Crippen LogP contribution < -0.4 is 10.5 Å². The van der Waals surface area contributed by atoms with Crippen LogP contribution in [0.1, 0.15) is 5.56 Å². The molecule has 5 heteroatoms. The Bertz CT molecular complexity index is 522. The predicted octanol–water partition coefficient (Wildman–Crippen LogP) is 2.63. The lowest BCUT2D eigenvalue weighted by Gasteiger charge is -2.08. The number of nitrogens with two attached hydrogens (primary N) is 1. The monoisotopic (exact) mass is 237 g/mol. The van der Waals surface area contributed by atoms with Gasteiger partial charge in [-0.1, -0.05) is 11.6 Å². The van der Waals surface area contributed by atoms with Crippen LogP contribution in [0.25, 0.3) is 11.3 Å². The van der Waals surface area contributed by atoms with Crippen molar-refractivity contribution in [1.29, 1.82) is 0 Å². The molecule has 0 aliphatic carbocycles. The number of hydrogen-bond acceptors (Lipinski definition) is 3. The number of methoxy groups -OCH3 is 1. The van der Waals surface area contributed by atoms with Gasteiger partial charge in [-0.2, -0.15) is 5.10 Å². The number of aromatic amines is 1. The molecule has 2 aromatic rings. The van der Waals surface area contributed by atoms with Crippen molar-refractivity contribution in [3.63, 3.8) is 0 Å². The number of halogens is 1. The predicted molar refractivity (Wildman–Crippen MR) is 64.7 cm³/mol. The molecule has 0 aliphatic rings. The third-order valence-corrected chi connectivity index (χ3v) is 2.83. The summed E-state index contributed by atoms with van der Waals surface area (Å²) in [5.41, 5.74) is 8.30. The molecule has 0 fully saturated rings. The van der Waals surface area contributed by atoms with Crippen molar-refractivity contribution in [1.82, 2.24) is 10.2 Å². The van der Waals surface area contributed by atoms with E-state index < -0.39 is 0 Å². The zero-order chi connectivity index (χ0) is 11.7. The van der Waals surface area contributed by atoms with Crippen LogP contribution in [-0.4, -0.2) is 17.3 Å². The minimum Gasteiger partial charge on any atom is -0.497 e. The number of nitrogens with one attached hydrogen (secondary N) is 1. The van der Waals surface area contributed by atoms with Gasteiger partial charge in [0.1, 0.15) is 11.6 Å². The van der Waals surface area contributed by atoms with Crippen molar-refractivity contribution in [3.05, 3.63) is 28.8 Å². The van der Waals surface area contributed by atoms with E-state index in [1.165, 1.54) is 0 Å². The molecule has 0 bridgehead atoms. The van der Waals surface area contributed by atoms with Crippen LogP contribution in [0.3, 0.4) is 0 Å². The highest BCUT2D eigenvalue weighted by molar-refractivity contribution is 6.31. The van der Waals surface area contributed by atoms with Crippen LogP contribution in [0.15, 0.2) is 18.2 Å². The Morgan fingerprint density at radius 3 is 2.69 bits per heavy atom. The van der Waals surface area contributed by atoms with Gasteiger partial charge >= 0.3 is 0 Å². The average molecular weight is 238 g/mol. The lowest BCUT2D eigenvalue weighted by molar-refractivity contribution is 0.415. The van der Waals surface area contributed by atoms with E-state index in [4.69, 9.17) is 22.1 Å². The van der Waals surface area contributed by atoms with Crippen LogP contribution in [0.5, 0.6) is 5.75 Å². The summed E-state index contributed by atoms with van der Waals surface area (Å²) in [5.74, 6) is 1.16. The van der Waals surface area contributed by atoms with E-state index in [2.05, 4.69) is 10.2 Å². The second-order valence-corrected chi connectivity index (χ2v) is 3.90. The van der Waals surface area contributed by atoms with E-state index in [-0.39, 0.29) is 0 Å². The molecule has 0 aliphatic heterocycles. The minimum atomic E-state index is 0.452. The molecule has 0 unspecified atom stereocenters. The first-order valence-corrected chi connectivity index (χ1v) is 5.15. The summed E-state index contributed by atoms with van der Waals surface area (Å²) in [7, 11) is 1.60. The highest BCUT2D eigenvalue weighted by atomic mass is 35.5. The molecule has 0 saturated heterocycles. The lowest BCUT2D eigenvalue weighted by atomic mass is 10.1. The molecule has 84 valence electrons. The first kappa shape index (κ1) is 10.8. The molecule has 0 amide bonds. The van der Waals surface area contributed by atoms with Gasteiger partial charge < -0.3 is 10.5 Å².